The molecule has 0 atom stereocenters. The predicted octanol–water partition coefficient (Wildman–Crippen LogP) is 4.07. The van der Waals surface area contributed by atoms with Gasteiger partial charge in [-0.2, -0.15) is 0 Å². The van der Waals surface area contributed by atoms with Crippen LogP contribution in [0.25, 0.3) is 0 Å². The highest BCUT2D eigenvalue weighted by Crippen LogP contribution is 2.31. The van der Waals surface area contributed by atoms with E-state index in [9.17, 15) is 14.0 Å². The van der Waals surface area contributed by atoms with Crippen molar-refractivity contribution < 1.29 is 14.0 Å². The highest BCUT2D eigenvalue weighted by molar-refractivity contribution is 6.04. The SMILES string of the molecule is Cc1nc(C2CCN(C(=O)C3CCCC3)CC2)ncc1C(=O)Nc1ccc(F)cc1. The van der Waals surface area contributed by atoms with Gasteiger partial charge in [-0.15, -0.1) is 0 Å². The van der Waals surface area contributed by atoms with Crippen LogP contribution in [0.4, 0.5) is 10.1 Å². The van der Waals surface area contributed by atoms with E-state index in [2.05, 4.69) is 15.3 Å². The molecule has 1 aliphatic heterocycles. The van der Waals surface area contributed by atoms with Gasteiger partial charge in [0, 0.05) is 36.8 Å². The predicted molar refractivity (Wildman–Crippen MR) is 112 cm³/mol. The Morgan fingerprint density at radius 1 is 1.07 bits per heavy atom. The lowest BCUT2D eigenvalue weighted by Crippen LogP contribution is -2.41. The molecule has 1 saturated heterocycles. The van der Waals surface area contributed by atoms with Crippen molar-refractivity contribution in [2.45, 2.75) is 51.4 Å². The van der Waals surface area contributed by atoms with Gasteiger partial charge in [0.2, 0.25) is 5.91 Å². The van der Waals surface area contributed by atoms with Gasteiger partial charge in [-0.1, -0.05) is 12.8 Å². The van der Waals surface area contributed by atoms with Crippen LogP contribution in [0.2, 0.25) is 0 Å². The second-order valence-corrected chi connectivity index (χ2v) is 8.27. The van der Waals surface area contributed by atoms with E-state index >= 15 is 0 Å². The molecule has 30 heavy (non-hydrogen) atoms. The number of anilines is 1. The smallest absolute Gasteiger partial charge is 0.259 e. The summed E-state index contributed by atoms with van der Waals surface area (Å²) in [6.07, 6.45) is 7.65. The van der Waals surface area contributed by atoms with Crippen LogP contribution in [0, 0.1) is 18.7 Å². The normalized spacial score (nSPS) is 17.9. The van der Waals surface area contributed by atoms with E-state index in [1.807, 2.05) is 4.90 Å². The third-order valence-corrected chi connectivity index (χ3v) is 6.22. The van der Waals surface area contributed by atoms with Gasteiger partial charge < -0.3 is 10.2 Å². The molecule has 1 aromatic heterocycles. The average Bonchev–Trinajstić information content (AvgIpc) is 3.30. The van der Waals surface area contributed by atoms with Crippen LogP contribution in [-0.2, 0) is 4.79 Å². The van der Waals surface area contributed by atoms with Gasteiger partial charge in [-0.3, -0.25) is 9.59 Å². The Morgan fingerprint density at radius 3 is 2.37 bits per heavy atom. The molecule has 1 aromatic carbocycles. The second-order valence-electron chi connectivity index (χ2n) is 8.27. The molecule has 1 aliphatic carbocycles. The number of hydrogen-bond donors (Lipinski definition) is 1. The van der Waals surface area contributed by atoms with Gasteiger partial charge in [0.05, 0.1) is 11.3 Å². The maximum Gasteiger partial charge on any atom is 0.259 e. The molecule has 1 saturated carbocycles. The quantitative estimate of drug-likeness (QED) is 0.824. The number of likely N-dealkylation sites (tertiary alicyclic amines) is 1. The van der Waals surface area contributed by atoms with Crippen LogP contribution < -0.4 is 5.32 Å². The van der Waals surface area contributed by atoms with Crippen molar-refractivity contribution in [3.63, 3.8) is 0 Å². The van der Waals surface area contributed by atoms with Gasteiger partial charge >= 0.3 is 0 Å². The monoisotopic (exact) mass is 410 g/mol. The van der Waals surface area contributed by atoms with Gasteiger partial charge in [-0.25, -0.2) is 14.4 Å². The Labute approximate surface area is 175 Å². The molecule has 0 unspecified atom stereocenters. The first-order valence-corrected chi connectivity index (χ1v) is 10.7. The topological polar surface area (TPSA) is 75.2 Å². The zero-order valence-electron chi connectivity index (χ0n) is 17.2. The minimum absolute atomic E-state index is 0.200. The number of nitrogens with one attached hydrogen (secondary N) is 1. The summed E-state index contributed by atoms with van der Waals surface area (Å²) in [7, 11) is 0. The van der Waals surface area contributed by atoms with E-state index in [0.29, 0.717) is 22.9 Å². The molecule has 2 fully saturated rings. The van der Waals surface area contributed by atoms with Crippen LogP contribution in [0.3, 0.4) is 0 Å². The van der Waals surface area contributed by atoms with Crippen molar-refractivity contribution in [1.29, 1.82) is 0 Å². The first kappa shape index (κ1) is 20.4. The van der Waals surface area contributed by atoms with Crippen molar-refractivity contribution in [1.82, 2.24) is 14.9 Å². The Hall–Kier alpha value is -2.83. The van der Waals surface area contributed by atoms with Gasteiger partial charge in [-0.05, 0) is 56.9 Å². The minimum Gasteiger partial charge on any atom is -0.342 e. The summed E-state index contributed by atoms with van der Waals surface area (Å²) in [6, 6.07) is 5.62. The third kappa shape index (κ3) is 4.50. The molecule has 2 aliphatic rings. The maximum absolute atomic E-state index is 13.0. The van der Waals surface area contributed by atoms with Crippen molar-refractivity contribution in [2.75, 3.05) is 18.4 Å². The molecule has 158 valence electrons. The maximum atomic E-state index is 13.0. The Kier molecular flexibility index (Phi) is 6.06. The van der Waals surface area contributed by atoms with E-state index in [-0.39, 0.29) is 23.6 Å². The Morgan fingerprint density at radius 2 is 1.73 bits per heavy atom. The summed E-state index contributed by atoms with van der Waals surface area (Å²) < 4.78 is 13.0. The highest BCUT2D eigenvalue weighted by Gasteiger charge is 2.31. The molecule has 0 bridgehead atoms. The summed E-state index contributed by atoms with van der Waals surface area (Å²) >= 11 is 0. The summed E-state index contributed by atoms with van der Waals surface area (Å²) in [6.45, 7) is 3.29. The summed E-state index contributed by atoms with van der Waals surface area (Å²) in [4.78, 5) is 36.2. The number of hydrogen-bond acceptors (Lipinski definition) is 4. The molecule has 7 heteroatoms. The molecule has 4 rings (SSSR count). The standard InChI is InChI=1S/C23H27FN4O2/c1-15-20(22(29)27-19-8-6-18(24)7-9-19)14-25-21(26-15)16-10-12-28(13-11-16)23(30)17-4-2-3-5-17/h6-9,14,16-17H,2-5,10-13H2,1H3,(H,27,29). The van der Waals surface area contributed by atoms with E-state index in [0.717, 1.165) is 44.6 Å². The van der Waals surface area contributed by atoms with Crippen LogP contribution in [0.15, 0.2) is 30.5 Å². The number of carbonyl (C=O) groups excluding carboxylic acids is 2. The largest absolute Gasteiger partial charge is 0.342 e. The number of rotatable bonds is 4. The lowest BCUT2D eigenvalue weighted by Gasteiger charge is -2.33. The molecule has 0 radical (unpaired) electrons. The summed E-state index contributed by atoms with van der Waals surface area (Å²) in [5, 5.41) is 2.74. The minimum atomic E-state index is -0.354. The number of nitrogens with zero attached hydrogens (tertiary/aromatic N) is 3. The highest BCUT2D eigenvalue weighted by atomic mass is 19.1. The van der Waals surface area contributed by atoms with Crippen molar-refractivity contribution in [3.8, 4) is 0 Å². The Balaban J connectivity index is 1.37. The molecule has 2 heterocycles. The van der Waals surface area contributed by atoms with Crippen molar-refractivity contribution in [2.24, 2.45) is 5.92 Å². The number of benzene rings is 1. The molecule has 2 amide bonds. The van der Waals surface area contributed by atoms with Crippen LogP contribution >= 0.6 is 0 Å². The number of carbonyl (C=O) groups is 2. The molecule has 2 aromatic rings. The van der Waals surface area contributed by atoms with Crippen molar-refractivity contribution in [3.05, 3.63) is 53.4 Å². The van der Waals surface area contributed by atoms with E-state index in [4.69, 9.17) is 0 Å². The number of aromatic nitrogens is 2. The number of amides is 2. The number of piperidine rings is 1. The Bertz CT molecular complexity index is 917. The number of halogens is 1. The lowest BCUT2D eigenvalue weighted by atomic mass is 9.94. The fourth-order valence-electron chi connectivity index (χ4n) is 4.43. The van der Waals surface area contributed by atoms with Crippen LogP contribution in [-0.4, -0.2) is 39.8 Å². The van der Waals surface area contributed by atoms with Crippen LogP contribution in [0.5, 0.6) is 0 Å². The molecular weight excluding hydrogens is 383 g/mol. The van der Waals surface area contributed by atoms with E-state index < -0.39 is 0 Å². The lowest BCUT2D eigenvalue weighted by molar-refractivity contribution is -0.136. The van der Waals surface area contributed by atoms with Crippen molar-refractivity contribution >= 4 is 17.5 Å². The van der Waals surface area contributed by atoms with E-state index in [1.54, 1.807) is 13.1 Å². The average molecular weight is 410 g/mol. The fourth-order valence-corrected chi connectivity index (χ4v) is 4.43. The zero-order chi connectivity index (χ0) is 21.1. The van der Waals surface area contributed by atoms with Crippen LogP contribution in [0.1, 0.15) is 66.3 Å². The van der Waals surface area contributed by atoms with Gasteiger partial charge in [0.1, 0.15) is 11.6 Å². The molecule has 1 N–H and O–H groups in total. The molecular formula is C23H27FN4O2. The first-order chi connectivity index (χ1) is 14.5. The fraction of sp³-hybridized carbons (Fsp3) is 0.478. The van der Waals surface area contributed by atoms with Gasteiger partial charge in [0.15, 0.2) is 0 Å². The molecule has 6 nitrogen and oxygen atoms in total. The van der Waals surface area contributed by atoms with E-state index in [1.165, 1.54) is 37.1 Å². The molecule has 0 spiro atoms. The zero-order valence-corrected chi connectivity index (χ0v) is 17.2. The summed E-state index contributed by atoms with van der Waals surface area (Å²) in [5.74, 6) is 0.801. The second kappa shape index (κ2) is 8.90. The summed E-state index contributed by atoms with van der Waals surface area (Å²) in [5.41, 5.74) is 1.53. The first-order valence-electron chi connectivity index (χ1n) is 10.7. The third-order valence-electron chi connectivity index (χ3n) is 6.22. The van der Waals surface area contributed by atoms with Gasteiger partial charge in [0.25, 0.3) is 5.91 Å². The number of aryl methyl sites for hydroxylation is 1.